The highest BCUT2D eigenvalue weighted by atomic mass is 16.5. The molecule has 1 unspecified atom stereocenters. The van der Waals surface area contributed by atoms with Crippen LogP contribution >= 0.6 is 0 Å². The molecule has 1 N–H and O–H groups in total. The number of hydrogen-bond acceptors (Lipinski definition) is 3. The minimum Gasteiger partial charge on any atom is -0.369 e. The van der Waals surface area contributed by atoms with Crippen LogP contribution in [0.5, 0.6) is 0 Å². The van der Waals surface area contributed by atoms with Gasteiger partial charge in [0.2, 0.25) is 5.91 Å². The number of amides is 1. The maximum absolute atomic E-state index is 12.0. The molecule has 92 valence electrons. The molecule has 0 bridgehead atoms. The van der Waals surface area contributed by atoms with Gasteiger partial charge in [-0.3, -0.25) is 4.79 Å². The van der Waals surface area contributed by atoms with Gasteiger partial charge in [0, 0.05) is 12.6 Å². The van der Waals surface area contributed by atoms with Gasteiger partial charge in [0.15, 0.2) is 0 Å². The fourth-order valence-electron chi connectivity index (χ4n) is 2.89. The van der Waals surface area contributed by atoms with Gasteiger partial charge in [0.05, 0.1) is 12.6 Å². The smallest absolute Gasteiger partial charge is 0.249 e. The van der Waals surface area contributed by atoms with Crippen molar-refractivity contribution in [2.45, 2.75) is 44.2 Å². The number of nitrogens with zero attached hydrogens (tertiary/aromatic N) is 1. The molecule has 0 spiro atoms. The molecule has 1 atom stereocenters. The van der Waals surface area contributed by atoms with Crippen LogP contribution in [0.4, 0.5) is 0 Å². The van der Waals surface area contributed by atoms with Gasteiger partial charge < -0.3 is 15.0 Å². The van der Waals surface area contributed by atoms with Crippen molar-refractivity contribution in [2.75, 3.05) is 26.8 Å². The van der Waals surface area contributed by atoms with Crippen molar-refractivity contribution in [1.82, 2.24) is 10.2 Å². The first kappa shape index (κ1) is 11.9. The van der Waals surface area contributed by atoms with E-state index in [0.717, 1.165) is 6.54 Å². The summed E-state index contributed by atoms with van der Waals surface area (Å²) in [6.07, 6.45) is 6.20. The molecule has 1 heterocycles. The highest BCUT2D eigenvalue weighted by Crippen LogP contribution is 2.25. The minimum absolute atomic E-state index is 0.179. The Kier molecular flexibility index (Phi) is 4.18. The van der Waals surface area contributed by atoms with Gasteiger partial charge in [-0.25, -0.2) is 0 Å². The zero-order valence-corrected chi connectivity index (χ0v) is 10.1. The van der Waals surface area contributed by atoms with Crippen molar-refractivity contribution in [3.8, 4) is 0 Å². The van der Waals surface area contributed by atoms with Gasteiger partial charge in [-0.1, -0.05) is 19.3 Å². The Morgan fingerprint density at radius 2 is 2.12 bits per heavy atom. The molecular weight excluding hydrogens is 204 g/mol. The number of ether oxygens (including phenoxy) is 1. The molecule has 4 heteroatoms. The SMILES string of the molecule is CNCC1COCC(=O)N1C1CCCCC1. The molecule has 2 aliphatic rings. The molecule has 1 saturated heterocycles. The summed E-state index contributed by atoms with van der Waals surface area (Å²) >= 11 is 0. The van der Waals surface area contributed by atoms with E-state index in [4.69, 9.17) is 4.74 Å². The van der Waals surface area contributed by atoms with E-state index >= 15 is 0 Å². The normalized spacial score (nSPS) is 28.4. The summed E-state index contributed by atoms with van der Waals surface area (Å²) in [6, 6.07) is 0.692. The molecule has 1 saturated carbocycles. The van der Waals surface area contributed by atoms with Gasteiger partial charge in [-0.15, -0.1) is 0 Å². The van der Waals surface area contributed by atoms with Crippen molar-refractivity contribution in [3.63, 3.8) is 0 Å². The number of rotatable bonds is 3. The average Bonchev–Trinajstić information content (AvgIpc) is 2.31. The Morgan fingerprint density at radius 1 is 1.38 bits per heavy atom. The van der Waals surface area contributed by atoms with Gasteiger partial charge in [0.25, 0.3) is 0 Å². The number of carbonyl (C=O) groups is 1. The van der Waals surface area contributed by atoms with Crippen LogP contribution in [0.1, 0.15) is 32.1 Å². The number of carbonyl (C=O) groups excluding carboxylic acids is 1. The van der Waals surface area contributed by atoms with E-state index in [9.17, 15) is 4.79 Å². The van der Waals surface area contributed by atoms with Gasteiger partial charge in [-0.05, 0) is 19.9 Å². The molecule has 1 aliphatic carbocycles. The monoisotopic (exact) mass is 226 g/mol. The second-order valence-electron chi connectivity index (χ2n) is 4.82. The van der Waals surface area contributed by atoms with Gasteiger partial charge in [-0.2, -0.15) is 0 Å². The lowest BCUT2D eigenvalue weighted by atomic mass is 9.92. The molecule has 2 fully saturated rings. The lowest BCUT2D eigenvalue weighted by Gasteiger charge is -2.42. The molecule has 1 aliphatic heterocycles. The maximum atomic E-state index is 12.0. The van der Waals surface area contributed by atoms with Crippen molar-refractivity contribution in [1.29, 1.82) is 0 Å². The quantitative estimate of drug-likeness (QED) is 0.772. The van der Waals surface area contributed by atoms with Crippen LogP contribution in [0.2, 0.25) is 0 Å². The topological polar surface area (TPSA) is 41.6 Å². The van der Waals surface area contributed by atoms with Crippen molar-refractivity contribution in [3.05, 3.63) is 0 Å². The minimum atomic E-state index is 0.179. The zero-order valence-electron chi connectivity index (χ0n) is 10.1. The van der Waals surface area contributed by atoms with Crippen LogP contribution in [-0.2, 0) is 9.53 Å². The van der Waals surface area contributed by atoms with Gasteiger partial charge in [0.1, 0.15) is 6.61 Å². The molecule has 0 aromatic carbocycles. The van der Waals surface area contributed by atoms with Crippen molar-refractivity contribution < 1.29 is 9.53 Å². The molecule has 2 rings (SSSR count). The third-order valence-corrected chi connectivity index (χ3v) is 3.62. The Labute approximate surface area is 97.3 Å². The second kappa shape index (κ2) is 5.64. The summed E-state index contributed by atoms with van der Waals surface area (Å²) in [5.74, 6) is 0.179. The largest absolute Gasteiger partial charge is 0.369 e. The lowest BCUT2D eigenvalue weighted by Crippen LogP contribution is -2.57. The van der Waals surface area contributed by atoms with E-state index in [1.54, 1.807) is 0 Å². The van der Waals surface area contributed by atoms with Crippen LogP contribution in [0, 0.1) is 0 Å². The van der Waals surface area contributed by atoms with E-state index in [1.165, 1.54) is 32.1 Å². The van der Waals surface area contributed by atoms with E-state index in [0.29, 0.717) is 12.6 Å². The number of nitrogens with one attached hydrogen (secondary N) is 1. The first-order chi connectivity index (χ1) is 7.83. The third-order valence-electron chi connectivity index (χ3n) is 3.62. The summed E-state index contributed by atoms with van der Waals surface area (Å²) < 4.78 is 5.34. The number of hydrogen-bond donors (Lipinski definition) is 1. The van der Waals surface area contributed by atoms with E-state index in [1.807, 2.05) is 7.05 Å². The predicted octanol–water partition coefficient (Wildman–Crippen LogP) is 0.766. The van der Waals surface area contributed by atoms with Crippen LogP contribution in [0.15, 0.2) is 0 Å². The van der Waals surface area contributed by atoms with E-state index in [2.05, 4.69) is 10.2 Å². The summed E-state index contributed by atoms with van der Waals surface area (Å²) in [4.78, 5) is 14.0. The van der Waals surface area contributed by atoms with E-state index in [-0.39, 0.29) is 18.6 Å². The molecule has 0 aromatic rings. The van der Waals surface area contributed by atoms with Crippen molar-refractivity contribution >= 4 is 5.91 Å². The number of likely N-dealkylation sites (N-methyl/N-ethyl adjacent to an activating group) is 1. The summed E-state index contributed by atoms with van der Waals surface area (Å²) in [5, 5.41) is 3.15. The summed E-state index contributed by atoms with van der Waals surface area (Å²) in [6.45, 7) is 1.79. The maximum Gasteiger partial charge on any atom is 0.249 e. The van der Waals surface area contributed by atoms with Crippen LogP contribution in [0.3, 0.4) is 0 Å². The molecule has 4 nitrogen and oxygen atoms in total. The summed E-state index contributed by atoms with van der Waals surface area (Å²) in [5.41, 5.74) is 0. The highest BCUT2D eigenvalue weighted by Gasteiger charge is 2.34. The fraction of sp³-hybridized carbons (Fsp3) is 0.917. The Bertz CT molecular complexity index is 229. The van der Waals surface area contributed by atoms with Crippen LogP contribution in [0.25, 0.3) is 0 Å². The molecule has 16 heavy (non-hydrogen) atoms. The standard InChI is InChI=1S/C12H22N2O2/c1-13-7-11-8-16-9-12(15)14(11)10-5-3-2-4-6-10/h10-11,13H,2-9H2,1H3. The lowest BCUT2D eigenvalue weighted by molar-refractivity contribution is -0.152. The predicted molar refractivity (Wildman–Crippen MR) is 62.3 cm³/mol. The van der Waals surface area contributed by atoms with Crippen molar-refractivity contribution in [2.24, 2.45) is 0 Å². The first-order valence-corrected chi connectivity index (χ1v) is 6.36. The highest BCUT2D eigenvalue weighted by molar-refractivity contribution is 5.78. The average molecular weight is 226 g/mol. The summed E-state index contributed by atoms with van der Waals surface area (Å²) in [7, 11) is 1.93. The Balaban J connectivity index is 2.02. The fourth-order valence-corrected chi connectivity index (χ4v) is 2.89. The molecule has 0 aromatic heterocycles. The van der Waals surface area contributed by atoms with Crippen LogP contribution < -0.4 is 5.32 Å². The van der Waals surface area contributed by atoms with E-state index < -0.39 is 0 Å². The third kappa shape index (κ3) is 2.55. The molecule has 1 amide bonds. The Hall–Kier alpha value is -0.610. The molecular formula is C12H22N2O2. The van der Waals surface area contributed by atoms with Crippen LogP contribution in [-0.4, -0.2) is 49.7 Å². The second-order valence-corrected chi connectivity index (χ2v) is 4.82. The first-order valence-electron chi connectivity index (χ1n) is 6.36. The zero-order chi connectivity index (χ0) is 11.4. The number of morpholine rings is 1. The Morgan fingerprint density at radius 3 is 2.81 bits per heavy atom. The molecule has 0 radical (unpaired) electrons. The van der Waals surface area contributed by atoms with Gasteiger partial charge >= 0.3 is 0 Å².